The Labute approximate surface area is 138 Å². The molecule has 0 spiro atoms. The first kappa shape index (κ1) is 20.8. The van der Waals surface area contributed by atoms with Gasteiger partial charge in [0, 0.05) is 25.9 Å². The van der Waals surface area contributed by atoms with Gasteiger partial charge in [0.05, 0.1) is 6.61 Å². The fourth-order valence-corrected chi connectivity index (χ4v) is 4.41. The van der Waals surface area contributed by atoms with Gasteiger partial charge in [0.2, 0.25) is 0 Å². The summed E-state index contributed by atoms with van der Waals surface area (Å²) < 4.78 is 22.5. The molecule has 0 saturated heterocycles. The van der Waals surface area contributed by atoms with E-state index in [9.17, 15) is 4.79 Å². The zero-order valence-electron chi connectivity index (χ0n) is 12.8. The molecule has 0 fully saturated rings. The van der Waals surface area contributed by atoms with Crippen LogP contribution in [0, 0.1) is 0 Å². The van der Waals surface area contributed by atoms with Crippen LogP contribution in [0.25, 0.3) is 0 Å². The summed E-state index contributed by atoms with van der Waals surface area (Å²) in [6, 6.07) is 0.619. The number of hydrogen-bond acceptors (Lipinski definition) is 6. The van der Waals surface area contributed by atoms with Crippen molar-refractivity contribution in [1.82, 2.24) is 5.32 Å². The van der Waals surface area contributed by atoms with Crippen molar-refractivity contribution in [3.05, 3.63) is 0 Å². The lowest BCUT2D eigenvalue weighted by molar-refractivity contribution is -0.142. The van der Waals surface area contributed by atoms with E-state index < -0.39 is 8.80 Å². The Balaban J connectivity index is 4.11. The highest BCUT2D eigenvalue weighted by Crippen LogP contribution is 2.18. The van der Waals surface area contributed by atoms with Crippen LogP contribution in [0.15, 0.2) is 0 Å². The zero-order valence-corrected chi connectivity index (χ0v) is 15.6. The van der Waals surface area contributed by atoms with Gasteiger partial charge in [0.1, 0.15) is 10.9 Å². The number of esters is 1. The largest absolute Gasteiger partial charge is 0.501 e. The van der Waals surface area contributed by atoms with Crippen LogP contribution in [0.5, 0.6) is 0 Å². The minimum atomic E-state index is -2.64. The van der Waals surface area contributed by atoms with Crippen LogP contribution < -0.4 is 5.32 Å². The van der Waals surface area contributed by atoms with E-state index in [4.69, 9.17) is 18.0 Å². The van der Waals surface area contributed by atoms with Crippen molar-refractivity contribution in [2.75, 3.05) is 33.0 Å². The first-order valence-corrected chi connectivity index (χ1v) is 9.82. The van der Waals surface area contributed by atoms with Gasteiger partial charge in [-0.15, -0.1) is 12.6 Å². The van der Waals surface area contributed by atoms with E-state index in [1.54, 1.807) is 0 Å². The number of carbonyl (C=O) groups excluding carboxylic acids is 1. The van der Waals surface area contributed by atoms with Gasteiger partial charge in [-0.2, -0.15) is 0 Å². The lowest BCUT2D eigenvalue weighted by Gasteiger charge is -2.28. The molecule has 6 nitrogen and oxygen atoms in total. The summed E-state index contributed by atoms with van der Waals surface area (Å²) >= 11 is 8.55. The molecular formula is C12H25NO5S2Si. The molecule has 0 aliphatic heterocycles. The molecule has 124 valence electrons. The van der Waals surface area contributed by atoms with Crippen LogP contribution >= 0.6 is 24.8 Å². The summed E-state index contributed by atoms with van der Waals surface area (Å²) in [6.45, 7) is 7.65. The van der Waals surface area contributed by atoms with Gasteiger partial charge in [0.15, 0.2) is 0 Å². The maximum atomic E-state index is 11.4. The molecule has 0 aliphatic rings. The predicted molar refractivity (Wildman–Crippen MR) is 90.6 cm³/mol. The molecule has 21 heavy (non-hydrogen) atoms. The molecule has 0 saturated carbocycles. The van der Waals surface area contributed by atoms with Gasteiger partial charge in [0.25, 0.3) is 0 Å². The Morgan fingerprint density at radius 2 is 1.67 bits per heavy atom. The molecule has 0 bridgehead atoms. The summed E-state index contributed by atoms with van der Waals surface area (Å²) in [5.74, 6) is -0.372. The molecule has 0 aliphatic carbocycles. The number of thiocarbonyl (C=S) groups is 1. The van der Waals surface area contributed by atoms with E-state index in [0.717, 1.165) is 0 Å². The Morgan fingerprint density at radius 3 is 2.10 bits per heavy atom. The third-order valence-corrected chi connectivity index (χ3v) is 5.82. The SMILES string of the molecule is CCO[Si](CCCOC(=O)CNC(=S)S)(OCC)OCC. The van der Waals surface area contributed by atoms with Crippen molar-refractivity contribution in [3.8, 4) is 0 Å². The number of ether oxygens (including phenoxy) is 1. The van der Waals surface area contributed by atoms with Crippen molar-refractivity contribution >= 4 is 43.9 Å². The second kappa shape index (κ2) is 12.4. The number of carbonyl (C=O) groups is 1. The van der Waals surface area contributed by atoms with Crippen LogP contribution in [-0.4, -0.2) is 52.1 Å². The highest BCUT2D eigenvalue weighted by molar-refractivity contribution is 8.11. The van der Waals surface area contributed by atoms with Crippen molar-refractivity contribution in [2.45, 2.75) is 33.2 Å². The summed E-state index contributed by atoms with van der Waals surface area (Å²) in [5, 5.41) is 2.62. The average molecular weight is 356 g/mol. The van der Waals surface area contributed by atoms with Crippen LogP contribution in [0.3, 0.4) is 0 Å². The van der Waals surface area contributed by atoms with Crippen molar-refractivity contribution in [3.63, 3.8) is 0 Å². The van der Waals surface area contributed by atoms with E-state index in [-0.39, 0.29) is 16.8 Å². The second-order valence-electron chi connectivity index (χ2n) is 3.96. The lowest BCUT2D eigenvalue weighted by atomic mass is 10.5. The topological polar surface area (TPSA) is 66.0 Å². The van der Waals surface area contributed by atoms with Crippen LogP contribution in [0.2, 0.25) is 6.04 Å². The maximum absolute atomic E-state index is 11.4. The molecular weight excluding hydrogens is 330 g/mol. The van der Waals surface area contributed by atoms with E-state index in [1.165, 1.54) is 0 Å². The number of thiol groups is 1. The smallest absolute Gasteiger partial charge is 0.464 e. The molecule has 9 heteroatoms. The molecule has 0 aromatic carbocycles. The second-order valence-corrected chi connectivity index (χ2v) is 7.85. The van der Waals surface area contributed by atoms with Gasteiger partial charge in [-0.1, -0.05) is 12.2 Å². The van der Waals surface area contributed by atoms with Crippen molar-refractivity contribution < 1.29 is 22.8 Å². The predicted octanol–water partition coefficient (Wildman–Crippen LogP) is 1.77. The number of rotatable bonds is 12. The fourth-order valence-electron chi connectivity index (χ4n) is 1.67. The third kappa shape index (κ3) is 10.2. The van der Waals surface area contributed by atoms with Gasteiger partial charge in [-0.3, -0.25) is 4.79 Å². The Morgan fingerprint density at radius 1 is 1.14 bits per heavy atom. The Bertz CT molecular complexity index is 303. The monoisotopic (exact) mass is 355 g/mol. The summed E-state index contributed by atoms with van der Waals surface area (Å²) in [6.07, 6.45) is 0.628. The van der Waals surface area contributed by atoms with Crippen LogP contribution in [-0.2, 0) is 22.8 Å². The minimum absolute atomic E-state index is 0.0211. The Hall–Kier alpha value is -0.193. The lowest BCUT2D eigenvalue weighted by Crippen LogP contribution is -2.46. The molecule has 0 atom stereocenters. The van der Waals surface area contributed by atoms with E-state index >= 15 is 0 Å². The van der Waals surface area contributed by atoms with Gasteiger partial charge in [-0.05, 0) is 27.2 Å². The molecule has 0 heterocycles. The van der Waals surface area contributed by atoms with Gasteiger partial charge < -0.3 is 23.3 Å². The van der Waals surface area contributed by atoms with Crippen LogP contribution in [0.4, 0.5) is 0 Å². The van der Waals surface area contributed by atoms with Crippen molar-refractivity contribution in [1.29, 1.82) is 0 Å². The highest BCUT2D eigenvalue weighted by Gasteiger charge is 2.39. The van der Waals surface area contributed by atoms with E-state index in [0.29, 0.717) is 38.9 Å². The van der Waals surface area contributed by atoms with E-state index in [2.05, 4.69) is 30.2 Å². The fraction of sp³-hybridized carbons (Fsp3) is 0.833. The molecule has 0 radical (unpaired) electrons. The normalized spacial score (nSPS) is 11.2. The summed E-state index contributed by atoms with van der Waals surface area (Å²) in [7, 11) is -2.64. The molecule has 0 rings (SSSR count). The van der Waals surface area contributed by atoms with E-state index in [1.807, 2.05) is 20.8 Å². The molecule has 0 aromatic rings. The standard InChI is InChI=1S/C12H25NO5S2Si/c1-4-16-21(17-5-2,18-6-3)9-7-8-15-11(14)10-13-12(19)20/h4-10H2,1-3H3,(H2,13,19,20). The first-order chi connectivity index (χ1) is 9.99. The molecule has 0 unspecified atom stereocenters. The average Bonchev–Trinajstić information content (AvgIpc) is 2.42. The number of nitrogens with one attached hydrogen (secondary N) is 1. The maximum Gasteiger partial charge on any atom is 0.501 e. The molecule has 0 aromatic heterocycles. The Kier molecular flexibility index (Phi) is 12.2. The van der Waals surface area contributed by atoms with Gasteiger partial charge >= 0.3 is 14.8 Å². The van der Waals surface area contributed by atoms with Crippen molar-refractivity contribution in [2.24, 2.45) is 0 Å². The minimum Gasteiger partial charge on any atom is -0.464 e. The third-order valence-electron chi connectivity index (χ3n) is 2.37. The summed E-state index contributed by atoms with van der Waals surface area (Å²) in [4.78, 5) is 11.4. The number of hydrogen-bond donors (Lipinski definition) is 2. The zero-order chi connectivity index (χ0) is 16.1. The highest BCUT2D eigenvalue weighted by atomic mass is 32.1. The van der Waals surface area contributed by atoms with Gasteiger partial charge in [-0.25, -0.2) is 0 Å². The molecule has 0 amide bonds. The first-order valence-electron chi connectivity index (χ1n) is 7.04. The summed E-state index contributed by atoms with van der Waals surface area (Å²) in [5.41, 5.74) is 0. The quantitative estimate of drug-likeness (QED) is 0.182. The molecule has 1 N–H and O–H groups in total. The van der Waals surface area contributed by atoms with Crippen LogP contribution in [0.1, 0.15) is 27.2 Å².